The maximum atomic E-state index is 14.2. The number of aromatic carboxylic acids is 2. The quantitative estimate of drug-likeness (QED) is 0.119. The first kappa shape index (κ1) is 34.2. The number of hydrogen-bond donors (Lipinski definition) is 3. The van der Waals surface area contributed by atoms with Gasteiger partial charge in [0.05, 0.1) is 34.1 Å². The number of nitriles is 1. The molecule has 0 radical (unpaired) electrons. The number of hydrogen-bond acceptors (Lipinski definition) is 4. The molecule has 0 saturated heterocycles. The highest BCUT2D eigenvalue weighted by atomic mass is 16.4. The van der Waals surface area contributed by atoms with Crippen molar-refractivity contribution in [2.24, 2.45) is 0 Å². The van der Waals surface area contributed by atoms with Crippen LogP contribution in [0.2, 0.25) is 0 Å². The van der Waals surface area contributed by atoms with Crippen molar-refractivity contribution in [2.75, 3.05) is 13.1 Å². The van der Waals surface area contributed by atoms with Gasteiger partial charge in [-0.1, -0.05) is 26.7 Å². The fourth-order valence-corrected chi connectivity index (χ4v) is 7.26. The summed E-state index contributed by atoms with van der Waals surface area (Å²) in [6.45, 7) is 13.6. The Hall–Kier alpha value is -5.16. The predicted octanol–water partition coefficient (Wildman–Crippen LogP) is 5.95. The zero-order valence-corrected chi connectivity index (χ0v) is 28.3. The molecule has 9 nitrogen and oxygen atoms in total. The zero-order chi connectivity index (χ0) is 35.1. The van der Waals surface area contributed by atoms with Crippen molar-refractivity contribution in [3.8, 4) is 6.07 Å². The van der Waals surface area contributed by atoms with E-state index in [1.54, 1.807) is 30.3 Å². The molecule has 1 atom stereocenters. The largest absolute Gasteiger partial charge is 0.762 e. The topological polar surface area (TPSA) is 145 Å². The summed E-state index contributed by atoms with van der Waals surface area (Å²) in [5.74, 6) is -0.314. The Balaban J connectivity index is 1.71. The van der Waals surface area contributed by atoms with Crippen molar-refractivity contribution in [3.63, 3.8) is 0 Å². The highest BCUT2D eigenvalue weighted by Gasteiger charge is 2.49. The van der Waals surface area contributed by atoms with Crippen LogP contribution in [0.25, 0.3) is 5.41 Å². The van der Waals surface area contributed by atoms with Crippen molar-refractivity contribution < 1.29 is 34.1 Å². The van der Waals surface area contributed by atoms with Crippen LogP contribution >= 0.6 is 0 Å². The van der Waals surface area contributed by atoms with Crippen LogP contribution in [0.5, 0.6) is 0 Å². The average molecular weight is 646 g/mol. The van der Waals surface area contributed by atoms with Gasteiger partial charge in [-0.05, 0) is 58.4 Å². The van der Waals surface area contributed by atoms with Gasteiger partial charge in [0.15, 0.2) is 11.5 Å². The first-order valence-corrected chi connectivity index (χ1v) is 16.4. The number of allylic oxidation sites excluding steroid dienone is 7. The molecule has 1 unspecified atom stereocenters. The van der Waals surface area contributed by atoms with Crippen molar-refractivity contribution in [3.05, 3.63) is 104 Å². The number of rotatable bonds is 11. The van der Waals surface area contributed by atoms with E-state index in [0.717, 1.165) is 71.0 Å². The van der Waals surface area contributed by atoms with Crippen LogP contribution in [0.15, 0.2) is 76.5 Å². The van der Waals surface area contributed by atoms with Gasteiger partial charge in [-0.2, -0.15) is 9.84 Å². The third-order valence-electron chi connectivity index (χ3n) is 9.99. The summed E-state index contributed by atoms with van der Waals surface area (Å²) >= 11 is 0. The van der Waals surface area contributed by atoms with Crippen LogP contribution in [0.3, 0.4) is 0 Å². The van der Waals surface area contributed by atoms with Gasteiger partial charge in [0.25, 0.3) is 0 Å². The monoisotopic (exact) mass is 645 g/mol. The van der Waals surface area contributed by atoms with Gasteiger partial charge in [-0.15, -0.1) is 0 Å². The van der Waals surface area contributed by atoms with Crippen LogP contribution in [0.1, 0.15) is 99.1 Å². The SMILES string of the molecule is CCCC[N+]1=C(/C=C2\C(=O)C(/C=C3/[NH+](CCCC)c4ccc(C(=O)O)cc4C3(C)C)=C2C(=C=[N-])C#N)C(C)(C)c2cc(C(=O)O)ccc21. The van der Waals surface area contributed by atoms with Gasteiger partial charge < -0.3 is 15.6 Å². The molecule has 0 bridgehead atoms. The first-order valence-electron chi connectivity index (χ1n) is 16.4. The number of nitrogens with zero attached hydrogens (tertiary/aromatic N) is 3. The highest BCUT2D eigenvalue weighted by Crippen LogP contribution is 2.45. The van der Waals surface area contributed by atoms with E-state index in [9.17, 15) is 35.3 Å². The maximum absolute atomic E-state index is 14.2. The number of carboxylic acids is 2. The number of quaternary nitrogens is 1. The maximum Gasteiger partial charge on any atom is 0.335 e. The number of ketones is 1. The second kappa shape index (κ2) is 12.8. The number of carbonyl (C=O) groups excluding carboxylic acids is 1. The number of carboxylic acid groups (broad SMARTS) is 2. The third-order valence-corrected chi connectivity index (χ3v) is 9.99. The number of fused-ring (bicyclic) bond motifs is 2. The molecule has 48 heavy (non-hydrogen) atoms. The molecule has 3 aliphatic rings. The number of nitrogens with one attached hydrogen (secondary N) is 1. The minimum Gasteiger partial charge on any atom is -0.762 e. The van der Waals surface area contributed by atoms with Gasteiger partial charge in [0.1, 0.15) is 24.0 Å². The summed E-state index contributed by atoms with van der Waals surface area (Å²) in [7, 11) is 0. The average Bonchev–Trinajstić information content (AvgIpc) is 3.40. The second-order valence-electron chi connectivity index (χ2n) is 13.7. The van der Waals surface area contributed by atoms with Crippen molar-refractivity contribution in [1.29, 1.82) is 5.26 Å². The molecule has 9 heteroatoms. The van der Waals surface area contributed by atoms with E-state index >= 15 is 0 Å². The van der Waals surface area contributed by atoms with Crippen molar-refractivity contribution >= 4 is 40.7 Å². The number of Topliss-reactive ketones (excluding diaryl/α,β-unsaturated/α-hetero) is 1. The molecule has 2 aliphatic heterocycles. The van der Waals surface area contributed by atoms with E-state index in [-0.39, 0.29) is 33.6 Å². The minimum atomic E-state index is -1.02. The fraction of sp³-hybridized carbons (Fsp3) is 0.359. The minimum absolute atomic E-state index is 0.161. The lowest BCUT2D eigenvalue weighted by molar-refractivity contribution is -0.789. The normalized spacial score (nSPS) is 20.4. The Morgan fingerprint density at radius 3 is 2.15 bits per heavy atom. The molecule has 0 spiro atoms. The molecule has 246 valence electrons. The Kier molecular flexibility index (Phi) is 9.11. The molecule has 0 fully saturated rings. The van der Waals surface area contributed by atoms with E-state index < -0.39 is 22.8 Å². The molecule has 3 N–H and O–H groups in total. The zero-order valence-electron chi connectivity index (χ0n) is 28.3. The van der Waals surface area contributed by atoms with E-state index in [1.165, 1.54) is 0 Å². The van der Waals surface area contributed by atoms with Gasteiger partial charge >= 0.3 is 11.9 Å². The fourth-order valence-electron chi connectivity index (χ4n) is 7.26. The molecule has 2 heterocycles. The molecular formula is C39H41N4O5+. The Bertz CT molecular complexity index is 1990. The van der Waals surface area contributed by atoms with E-state index in [4.69, 9.17) is 0 Å². The number of unbranched alkanes of at least 4 members (excludes halogenated alkanes) is 2. The summed E-state index contributed by atoms with van der Waals surface area (Å²) in [6.07, 6.45) is 7.21. The molecule has 2 aromatic carbocycles. The van der Waals surface area contributed by atoms with Gasteiger partial charge in [0, 0.05) is 58.6 Å². The molecule has 2 aromatic rings. The Morgan fingerprint density at radius 2 is 1.56 bits per heavy atom. The van der Waals surface area contributed by atoms with Gasteiger partial charge in [0.2, 0.25) is 5.69 Å². The second-order valence-corrected chi connectivity index (χ2v) is 13.7. The van der Waals surface area contributed by atoms with Crippen LogP contribution < -0.4 is 4.90 Å². The van der Waals surface area contributed by atoms with Crippen molar-refractivity contribution in [1.82, 2.24) is 0 Å². The van der Waals surface area contributed by atoms with Crippen LogP contribution in [-0.4, -0.2) is 57.2 Å². The van der Waals surface area contributed by atoms with E-state index in [1.807, 2.05) is 57.8 Å². The lowest BCUT2D eigenvalue weighted by Crippen LogP contribution is -3.04. The van der Waals surface area contributed by atoms with Crippen LogP contribution in [0, 0.1) is 11.3 Å². The van der Waals surface area contributed by atoms with Crippen LogP contribution in [-0.2, 0) is 15.6 Å². The smallest absolute Gasteiger partial charge is 0.335 e. The molecule has 5 rings (SSSR count). The highest BCUT2D eigenvalue weighted by molar-refractivity contribution is 6.27. The first-order chi connectivity index (χ1) is 22.7. The molecular weight excluding hydrogens is 604 g/mol. The van der Waals surface area contributed by atoms with Crippen molar-refractivity contribution in [2.45, 2.75) is 78.1 Å². The molecule has 0 amide bonds. The van der Waals surface area contributed by atoms with E-state index in [2.05, 4.69) is 18.4 Å². The molecule has 0 saturated carbocycles. The summed E-state index contributed by atoms with van der Waals surface area (Å²) in [5.41, 5.74) is 4.93. The van der Waals surface area contributed by atoms with Gasteiger partial charge in [-0.3, -0.25) is 9.69 Å². The summed E-state index contributed by atoms with van der Waals surface area (Å²) in [4.78, 5) is 38.9. The lowest BCUT2D eigenvalue weighted by Gasteiger charge is -2.27. The lowest BCUT2D eigenvalue weighted by atomic mass is 9.73. The Labute approximate surface area is 281 Å². The van der Waals surface area contributed by atoms with Gasteiger partial charge in [-0.25, -0.2) is 15.5 Å². The summed E-state index contributed by atoms with van der Waals surface area (Å²) in [5, 5.41) is 39.5. The molecule has 1 aliphatic carbocycles. The summed E-state index contributed by atoms with van der Waals surface area (Å²) in [6, 6.07) is 12.2. The molecule has 0 aromatic heterocycles. The van der Waals surface area contributed by atoms with E-state index in [0.29, 0.717) is 12.1 Å². The summed E-state index contributed by atoms with van der Waals surface area (Å²) < 4.78 is 2.12. The number of benzene rings is 2. The predicted molar refractivity (Wildman–Crippen MR) is 184 cm³/mol. The standard InChI is InChI=1S/C39H40N4O5/c1-7-9-15-42-30-13-11-23(36(45)46)17-28(30)38(3,4)32(42)19-26-34(25(21-40)22-41)27(35(26)44)20-33-39(5,6)29-18-24(37(47)48)12-14-31(29)43(33)16-10-8-2/h11-14,17-20H,7-10,15-16H2,1-6H3,(H,45,46)(H,47,48)/p+1. The number of carbonyl (C=O) groups is 3. The Morgan fingerprint density at radius 1 is 0.938 bits per heavy atom. The third kappa shape index (κ3) is 5.47. The van der Waals surface area contributed by atoms with Crippen LogP contribution in [0.4, 0.5) is 11.4 Å².